The summed E-state index contributed by atoms with van der Waals surface area (Å²) in [5.74, 6) is -0.263. The summed E-state index contributed by atoms with van der Waals surface area (Å²) in [7, 11) is 1.57. The summed E-state index contributed by atoms with van der Waals surface area (Å²) in [6.45, 7) is 1.96. The van der Waals surface area contributed by atoms with Crippen LogP contribution in [0.1, 0.15) is 19.3 Å². The molecule has 1 aliphatic heterocycles. The van der Waals surface area contributed by atoms with E-state index in [-0.39, 0.29) is 36.8 Å². The van der Waals surface area contributed by atoms with E-state index in [1.54, 1.807) is 7.11 Å². The molecule has 6 nitrogen and oxygen atoms in total. The highest BCUT2D eigenvalue weighted by atomic mass is 35.5. The summed E-state index contributed by atoms with van der Waals surface area (Å²) >= 11 is 0. The molecule has 18 heavy (non-hydrogen) atoms. The summed E-state index contributed by atoms with van der Waals surface area (Å²) in [6, 6.07) is 0.270. The number of rotatable bonds is 7. The van der Waals surface area contributed by atoms with Gasteiger partial charge in [-0.25, -0.2) is 0 Å². The van der Waals surface area contributed by atoms with Crippen LogP contribution in [0.2, 0.25) is 0 Å². The zero-order valence-electron chi connectivity index (χ0n) is 10.7. The zero-order chi connectivity index (χ0) is 12.5. The van der Waals surface area contributed by atoms with Crippen LogP contribution < -0.4 is 16.0 Å². The first-order valence-electron chi connectivity index (χ1n) is 5.98. The number of carbonyl (C=O) groups excluding carboxylic acids is 2. The van der Waals surface area contributed by atoms with Crippen LogP contribution in [-0.2, 0) is 14.3 Å². The molecule has 0 bridgehead atoms. The van der Waals surface area contributed by atoms with Crippen molar-refractivity contribution in [2.75, 3.05) is 33.4 Å². The first kappa shape index (κ1) is 17.2. The SMILES string of the molecule is COCCNC(=O)CNC(=O)CC1CCCN1.Cl. The molecule has 1 unspecified atom stereocenters. The molecule has 106 valence electrons. The lowest BCUT2D eigenvalue weighted by atomic mass is 10.1. The van der Waals surface area contributed by atoms with Gasteiger partial charge in [0.25, 0.3) is 0 Å². The van der Waals surface area contributed by atoms with Crippen molar-refractivity contribution in [1.82, 2.24) is 16.0 Å². The number of nitrogens with one attached hydrogen (secondary N) is 3. The van der Waals surface area contributed by atoms with Crippen molar-refractivity contribution in [3.8, 4) is 0 Å². The van der Waals surface area contributed by atoms with Crippen LogP contribution in [0.3, 0.4) is 0 Å². The monoisotopic (exact) mass is 279 g/mol. The Balaban J connectivity index is 0.00000289. The molecule has 2 amide bonds. The third-order valence-corrected chi connectivity index (χ3v) is 2.67. The van der Waals surface area contributed by atoms with E-state index < -0.39 is 0 Å². The smallest absolute Gasteiger partial charge is 0.239 e. The molecule has 0 spiro atoms. The molecular formula is C11H22ClN3O3. The van der Waals surface area contributed by atoms with Gasteiger partial charge in [0.05, 0.1) is 13.2 Å². The van der Waals surface area contributed by atoms with Gasteiger partial charge in [0, 0.05) is 26.1 Å². The van der Waals surface area contributed by atoms with Crippen LogP contribution in [0, 0.1) is 0 Å². The largest absolute Gasteiger partial charge is 0.383 e. The van der Waals surface area contributed by atoms with Crippen LogP contribution in [-0.4, -0.2) is 51.2 Å². The number of ether oxygens (including phenoxy) is 1. The van der Waals surface area contributed by atoms with Gasteiger partial charge >= 0.3 is 0 Å². The average Bonchev–Trinajstić information content (AvgIpc) is 2.79. The van der Waals surface area contributed by atoms with Crippen molar-refractivity contribution in [3.63, 3.8) is 0 Å². The molecule has 1 atom stereocenters. The maximum Gasteiger partial charge on any atom is 0.239 e. The summed E-state index contributed by atoms with van der Waals surface area (Å²) in [5.41, 5.74) is 0. The normalized spacial score (nSPS) is 17.9. The van der Waals surface area contributed by atoms with E-state index in [2.05, 4.69) is 16.0 Å². The highest BCUT2D eigenvalue weighted by Gasteiger charge is 2.17. The van der Waals surface area contributed by atoms with Crippen LogP contribution >= 0.6 is 12.4 Å². The minimum absolute atomic E-state index is 0. The molecule has 0 aromatic rings. The fraction of sp³-hybridized carbons (Fsp3) is 0.818. The van der Waals surface area contributed by atoms with Crippen molar-refractivity contribution in [3.05, 3.63) is 0 Å². The molecular weight excluding hydrogens is 258 g/mol. The highest BCUT2D eigenvalue weighted by molar-refractivity contribution is 5.85. The van der Waals surface area contributed by atoms with E-state index in [1.807, 2.05) is 0 Å². The second-order valence-corrected chi connectivity index (χ2v) is 4.12. The molecule has 1 fully saturated rings. The van der Waals surface area contributed by atoms with E-state index in [4.69, 9.17) is 4.74 Å². The summed E-state index contributed by atoms with van der Waals surface area (Å²) in [6.07, 6.45) is 2.61. The van der Waals surface area contributed by atoms with Gasteiger partial charge in [-0.05, 0) is 19.4 Å². The Morgan fingerprint density at radius 3 is 2.72 bits per heavy atom. The number of hydrogen-bond donors (Lipinski definition) is 3. The van der Waals surface area contributed by atoms with Gasteiger partial charge in [-0.1, -0.05) is 0 Å². The minimum atomic E-state index is -0.185. The molecule has 0 aromatic carbocycles. The van der Waals surface area contributed by atoms with E-state index >= 15 is 0 Å². The van der Waals surface area contributed by atoms with Gasteiger partial charge in [0.1, 0.15) is 0 Å². The maximum absolute atomic E-state index is 11.5. The Morgan fingerprint density at radius 2 is 2.11 bits per heavy atom. The molecule has 1 saturated heterocycles. The van der Waals surface area contributed by atoms with Gasteiger partial charge in [0.2, 0.25) is 11.8 Å². The highest BCUT2D eigenvalue weighted by Crippen LogP contribution is 2.07. The van der Waals surface area contributed by atoms with Crippen molar-refractivity contribution >= 4 is 24.2 Å². The van der Waals surface area contributed by atoms with Crippen molar-refractivity contribution in [1.29, 1.82) is 0 Å². The second-order valence-electron chi connectivity index (χ2n) is 4.12. The van der Waals surface area contributed by atoms with E-state index in [9.17, 15) is 9.59 Å². The molecule has 0 saturated carbocycles. The molecule has 0 aromatic heterocycles. The Kier molecular flexibility index (Phi) is 9.63. The number of carbonyl (C=O) groups is 2. The number of halogens is 1. The van der Waals surface area contributed by atoms with Crippen LogP contribution in [0.5, 0.6) is 0 Å². The molecule has 1 aliphatic rings. The Labute approximate surface area is 114 Å². The Hall–Kier alpha value is -0.850. The predicted octanol–water partition coefficient (Wildman–Crippen LogP) is -0.571. The van der Waals surface area contributed by atoms with Crippen LogP contribution in [0.4, 0.5) is 0 Å². The topological polar surface area (TPSA) is 79.5 Å². The average molecular weight is 280 g/mol. The fourth-order valence-electron chi connectivity index (χ4n) is 1.76. The van der Waals surface area contributed by atoms with Crippen LogP contribution in [0.15, 0.2) is 0 Å². The first-order valence-corrected chi connectivity index (χ1v) is 5.98. The Bertz CT molecular complexity index is 258. The minimum Gasteiger partial charge on any atom is -0.383 e. The van der Waals surface area contributed by atoms with Gasteiger partial charge in [-0.2, -0.15) is 0 Å². The third kappa shape index (κ3) is 7.47. The lowest BCUT2D eigenvalue weighted by molar-refractivity contribution is -0.126. The number of amides is 2. The standard InChI is InChI=1S/C11H21N3O3.ClH/c1-17-6-5-13-11(16)8-14-10(15)7-9-3-2-4-12-9;/h9,12H,2-8H2,1H3,(H,13,16)(H,14,15);1H. The summed E-state index contributed by atoms with van der Waals surface area (Å²) < 4.78 is 4.80. The zero-order valence-corrected chi connectivity index (χ0v) is 11.5. The number of hydrogen-bond acceptors (Lipinski definition) is 4. The van der Waals surface area contributed by atoms with Gasteiger partial charge in [-0.3, -0.25) is 9.59 Å². The molecule has 0 radical (unpaired) electrons. The van der Waals surface area contributed by atoms with Gasteiger partial charge in [-0.15, -0.1) is 12.4 Å². The lowest BCUT2D eigenvalue weighted by Crippen LogP contribution is -2.39. The Morgan fingerprint density at radius 1 is 1.33 bits per heavy atom. The van der Waals surface area contributed by atoms with E-state index in [1.165, 1.54) is 0 Å². The molecule has 7 heteroatoms. The number of methoxy groups -OCH3 is 1. The summed E-state index contributed by atoms with van der Waals surface area (Å²) in [5, 5.41) is 8.48. The van der Waals surface area contributed by atoms with E-state index in [0.717, 1.165) is 19.4 Å². The summed E-state index contributed by atoms with van der Waals surface area (Å²) in [4.78, 5) is 22.7. The third-order valence-electron chi connectivity index (χ3n) is 2.67. The molecule has 1 heterocycles. The quantitative estimate of drug-likeness (QED) is 0.545. The molecule has 0 aliphatic carbocycles. The van der Waals surface area contributed by atoms with E-state index in [0.29, 0.717) is 19.6 Å². The first-order chi connectivity index (χ1) is 8.22. The van der Waals surface area contributed by atoms with Gasteiger partial charge in [0.15, 0.2) is 0 Å². The van der Waals surface area contributed by atoms with Crippen LogP contribution in [0.25, 0.3) is 0 Å². The molecule has 3 N–H and O–H groups in total. The van der Waals surface area contributed by atoms with Crippen molar-refractivity contribution < 1.29 is 14.3 Å². The van der Waals surface area contributed by atoms with Crippen molar-refractivity contribution in [2.45, 2.75) is 25.3 Å². The predicted molar refractivity (Wildman–Crippen MR) is 70.8 cm³/mol. The lowest BCUT2D eigenvalue weighted by Gasteiger charge is -2.10. The molecule has 1 rings (SSSR count). The van der Waals surface area contributed by atoms with Crippen molar-refractivity contribution in [2.24, 2.45) is 0 Å². The fourth-order valence-corrected chi connectivity index (χ4v) is 1.76. The maximum atomic E-state index is 11.5. The van der Waals surface area contributed by atoms with Gasteiger partial charge < -0.3 is 20.7 Å². The second kappa shape index (κ2) is 10.1.